The first-order chi connectivity index (χ1) is 9.08. The number of pyridine rings is 2. The van der Waals surface area contributed by atoms with Crippen LogP contribution in [-0.2, 0) is 0 Å². The smallest absolute Gasteiger partial charge is 0.299 e. The van der Waals surface area contributed by atoms with Crippen LogP contribution in [0.4, 0.5) is 11.5 Å². The molecule has 0 atom stereocenters. The molecule has 2 aromatic heterocycles. The van der Waals surface area contributed by atoms with E-state index < -0.39 is 10.8 Å². The van der Waals surface area contributed by atoms with Crippen LogP contribution < -0.4 is 5.32 Å². The average molecular weight is 279 g/mol. The van der Waals surface area contributed by atoms with Crippen molar-refractivity contribution in [1.29, 1.82) is 0 Å². The molecule has 2 aromatic rings. The standard InChI is InChI=1S/C11H7ClN4O3/c12-9-5-4-8(16(18)19)10(14-9)15-11(17)7-3-1-2-6-13-7/h1-6H,(H,14,15,17). The predicted molar refractivity (Wildman–Crippen MR) is 68.1 cm³/mol. The Kier molecular flexibility index (Phi) is 3.67. The van der Waals surface area contributed by atoms with Crippen molar-refractivity contribution in [2.75, 3.05) is 5.32 Å². The summed E-state index contributed by atoms with van der Waals surface area (Å²) < 4.78 is 0. The first kappa shape index (κ1) is 12.9. The molecule has 0 saturated carbocycles. The molecular formula is C11H7ClN4O3. The Bertz CT molecular complexity index is 633. The highest BCUT2D eigenvalue weighted by atomic mass is 35.5. The number of carbonyl (C=O) groups excluding carboxylic acids is 1. The highest BCUT2D eigenvalue weighted by Crippen LogP contribution is 2.24. The van der Waals surface area contributed by atoms with E-state index in [9.17, 15) is 14.9 Å². The second-order valence-electron chi connectivity index (χ2n) is 3.43. The fraction of sp³-hybridized carbons (Fsp3) is 0. The fourth-order valence-electron chi connectivity index (χ4n) is 1.34. The lowest BCUT2D eigenvalue weighted by Crippen LogP contribution is -2.15. The normalized spacial score (nSPS) is 9.95. The van der Waals surface area contributed by atoms with Crippen molar-refractivity contribution in [2.45, 2.75) is 0 Å². The molecule has 1 amide bonds. The van der Waals surface area contributed by atoms with Crippen molar-refractivity contribution in [3.05, 3.63) is 57.5 Å². The molecule has 8 heteroatoms. The van der Waals surface area contributed by atoms with Crippen molar-refractivity contribution in [2.24, 2.45) is 0 Å². The van der Waals surface area contributed by atoms with Gasteiger partial charge in [-0.3, -0.25) is 25.2 Å². The molecule has 0 fully saturated rings. The molecule has 0 saturated heterocycles. The Balaban J connectivity index is 2.31. The number of nitrogens with zero attached hydrogens (tertiary/aromatic N) is 3. The third-order valence-corrected chi connectivity index (χ3v) is 2.38. The quantitative estimate of drug-likeness (QED) is 0.527. The molecule has 0 aliphatic carbocycles. The van der Waals surface area contributed by atoms with Gasteiger partial charge in [0.05, 0.1) is 4.92 Å². The van der Waals surface area contributed by atoms with Gasteiger partial charge in [-0.1, -0.05) is 17.7 Å². The maximum Gasteiger partial charge on any atom is 0.311 e. The number of halogens is 1. The summed E-state index contributed by atoms with van der Waals surface area (Å²) in [5, 5.41) is 13.2. The molecule has 0 bridgehead atoms. The molecule has 2 heterocycles. The lowest BCUT2D eigenvalue weighted by atomic mass is 10.3. The van der Waals surface area contributed by atoms with Gasteiger partial charge in [0.25, 0.3) is 5.91 Å². The maximum atomic E-state index is 11.8. The summed E-state index contributed by atoms with van der Waals surface area (Å²) in [4.78, 5) is 29.5. The van der Waals surface area contributed by atoms with E-state index in [2.05, 4.69) is 15.3 Å². The summed E-state index contributed by atoms with van der Waals surface area (Å²) in [6.07, 6.45) is 1.44. The van der Waals surface area contributed by atoms with Gasteiger partial charge in [0.1, 0.15) is 10.8 Å². The van der Waals surface area contributed by atoms with E-state index in [0.29, 0.717) is 0 Å². The SMILES string of the molecule is O=C(Nc1nc(Cl)ccc1[N+](=O)[O-])c1ccccn1. The van der Waals surface area contributed by atoms with E-state index in [1.54, 1.807) is 12.1 Å². The number of aromatic nitrogens is 2. The number of anilines is 1. The molecule has 1 N–H and O–H groups in total. The maximum absolute atomic E-state index is 11.8. The predicted octanol–water partition coefficient (Wildman–Crippen LogP) is 2.29. The summed E-state index contributed by atoms with van der Waals surface area (Å²) in [6, 6.07) is 7.20. The largest absolute Gasteiger partial charge is 0.311 e. The first-order valence-corrected chi connectivity index (χ1v) is 5.49. The van der Waals surface area contributed by atoms with Crippen LogP contribution in [0.1, 0.15) is 10.5 Å². The van der Waals surface area contributed by atoms with E-state index in [4.69, 9.17) is 11.6 Å². The highest BCUT2D eigenvalue weighted by Gasteiger charge is 2.19. The van der Waals surface area contributed by atoms with Crippen molar-refractivity contribution < 1.29 is 9.72 Å². The Morgan fingerprint density at radius 2 is 2.11 bits per heavy atom. The molecule has 0 aromatic carbocycles. The molecule has 0 aliphatic heterocycles. The number of amides is 1. The van der Waals surface area contributed by atoms with Crippen molar-refractivity contribution >= 4 is 29.0 Å². The van der Waals surface area contributed by atoms with Crippen LogP contribution >= 0.6 is 11.6 Å². The highest BCUT2D eigenvalue weighted by molar-refractivity contribution is 6.29. The van der Waals surface area contributed by atoms with Gasteiger partial charge in [-0.05, 0) is 18.2 Å². The van der Waals surface area contributed by atoms with Crippen LogP contribution in [-0.4, -0.2) is 20.8 Å². The van der Waals surface area contributed by atoms with Gasteiger partial charge in [0.2, 0.25) is 5.82 Å². The third kappa shape index (κ3) is 3.02. The summed E-state index contributed by atoms with van der Waals surface area (Å²) in [7, 11) is 0. The second kappa shape index (κ2) is 5.40. The molecule has 0 radical (unpaired) electrons. The van der Waals surface area contributed by atoms with Gasteiger partial charge < -0.3 is 0 Å². The van der Waals surface area contributed by atoms with Gasteiger partial charge in [-0.2, -0.15) is 0 Å². The van der Waals surface area contributed by atoms with Crippen molar-refractivity contribution in [3.63, 3.8) is 0 Å². The third-order valence-electron chi connectivity index (χ3n) is 2.17. The summed E-state index contributed by atoms with van der Waals surface area (Å²) in [6.45, 7) is 0. The minimum Gasteiger partial charge on any atom is -0.299 e. The first-order valence-electron chi connectivity index (χ1n) is 5.11. The Morgan fingerprint density at radius 1 is 1.32 bits per heavy atom. The zero-order valence-corrected chi connectivity index (χ0v) is 10.2. The number of nitro groups is 1. The van der Waals surface area contributed by atoms with Crippen molar-refractivity contribution in [1.82, 2.24) is 9.97 Å². The number of hydrogen-bond acceptors (Lipinski definition) is 5. The monoisotopic (exact) mass is 278 g/mol. The van der Waals surface area contributed by atoms with Gasteiger partial charge >= 0.3 is 5.69 Å². The van der Waals surface area contributed by atoms with Gasteiger partial charge in [-0.25, -0.2) is 4.98 Å². The summed E-state index contributed by atoms with van der Waals surface area (Å²) >= 11 is 5.65. The fourth-order valence-corrected chi connectivity index (χ4v) is 1.48. The van der Waals surface area contributed by atoms with E-state index >= 15 is 0 Å². The van der Waals surface area contributed by atoms with Gasteiger partial charge in [0.15, 0.2) is 0 Å². The van der Waals surface area contributed by atoms with Gasteiger partial charge in [-0.15, -0.1) is 0 Å². The van der Waals surface area contributed by atoms with Crippen LogP contribution in [0.25, 0.3) is 0 Å². The number of hydrogen-bond donors (Lipinski definition) is 1. The minimum atomic E-state index is -0.655. The molecule has 0 aliphatic rings. The average Bonchev–Trinajstić information content (AvgIpc) is 2.39. The molecular weight excluding hydrogens is 272 g/mol. The summed E-state index contributed by atoms with van der Waals surface area (Å²) in [5.41, 5.74) is -0.216. The number of nitrogens with one attached hydrogen (secondary N) is 1. The van der Waals surface area contributed by atoms with Crippen LogP contribution in [0, 0.1) is 10.1 Å². The van der Waals surface area contributed by atoms with Crippen LogP contribution in [0.3, 0.4) is 0 Å². The molecule has 0 unspecified atom stereocenters. The Morgan fingerprint density at radius 3 is 2.74 bits per heavy atom. The summed E-state index contributed by atoms with van der Waals surface area (Å²) in [5.74, 6) is -0.813. The molecule has 0 spiro atoms. The zero-order chi connectivity index (χ0) is 13.8. The Hall–Kier alpha value is -2.54. The van der Waals surface area contributed by atoms with Gasteiger partial charge in [0, 0.05) is 12.3 Å². The number of rotatable bonds is 3. The molecule has 2 rings (SSSR count). The van der Waals surface area contributed by atoms with Crippen LogP contribution in [0.2, 0.25) is 5.15 Å². The lowest BCUT2D eigenvalue weighted by molar-refractivity contribution is -0.384. The minimum absolute atomic E-state index is 0.0434. The molecule has 7 nitrogen and oxygen atoms in total. The zero-order valence-electron chi connectivity index (χ0n) is 9.41. The van der Waals surface area contributed by atoms with Crippen LogP contribution in [0.15, 0.2) is 36.5 Å². The molecule has 19 heavy (non-hydrogen) atoms. The second-order valence-corrected chi connectivity index (χ2v) is 3.82. The van der Waals surface area contributed by atoms with Crippen molar-refractivity contribution in [3.8, 4) is 0 Å². The number of carbonyl (C=O) groups is 1. The van der Waals surface area contributed by atoms with E-state index in [0.717, 1.165) is 0 Å². The Labute approximate surface area is 112 Å². The molecule has 96 valence electrons. The van der Waals surface area contributed by atoms with E-state index in [-0.39, 0.29) is 22.4 Å². The lowest BCUT2D eigenvalue weighted by Gasteiger charge is -2.04. The topological polar surface area (TPSA) is 98.0 Å². The van der Waals surface area contributed by atoms with Crippen LogP contribution in [0.5, 0.6) is 0 Å². The van der Waals surface area contributed by atoms with E-state index in [1.807, 2.05) is 0 Å². The van der Waals surface area contributed by atoms with E-state index in [1.165, 1.54) is 24.4 Å².